The second-order valence-corrected chi connectivity index (χ2v) is 7.28. The summed E-state index contributed by atoms with van der Waals surface area (Å²) in [5, 5.41) is 3.75. The molecule has 2 fully saturated rings. The summed E-state index contributed by atoms with van der Waals surface area (Å²) in [5.41, 5.74) is 0.967. The van der Waals surface area contributed by atoms with Crippen LogP contribution in [0.5, 0.6) is 0 Å². The van der Waals surface area contributed by atoms with Gasteiger partial charge in [-0.3, -0.25) is 9.59 Å². The second kappa shape index (κ2) is 5.79. The number of carbonyl (C=O) groups is 2. The zero-order chi connectivity index (χ0) is 15.0. The van der Waals surface area contributed by atoms with E-state index in [1.807, 2.05) is 17.9 Å². The molecule has 0 radical (unpaired) electrons. The fraction of sp³-hybridized carbons (Fsp3) is 0.625. The highest BCUT2D eigenvalue weighted by atomic mass is 32.1. The highest BCUT2D eigenvalue weighted by Crippen LogP contribution is 2.33. The Bertz CT molecular complexity index is 563. The van der Waals surface area contributed by atoms with E-state index in [4.69, 9.17) is 0 Å². The zero-order valence-corrected chi connectivity index (χ0v) is 13.5. The number of nitrogens with zero attached hydrogens (tertiary/aromatic N) is 1. The summed E-state index contributed by atoms with van der Waals surface area (Å²) in [4.78, 5) is 27.3. The van der Waals surface area contributed by atoms with E-state index in [2.05, 4.69) is 12.2 Å². The van der Waals surface area contributed by atoms with Gasteiger partial charge in [0.05, 0.1) is 9.88 Å². The van der Waals surface area contributed by atoms with E-state index >= 15 is 0 Å². The number of piperidine rings is 1. The molecule has 0 aromatic carbocycles. The van der Waals surface area contributed by atoms with Crippen LogP contribution in [-0.4, -0.2) is 29.3 Å². The van der Waals surface area contributed by atoms with Crippen LogP contribution in [-0.2, 0) is 4.79 Å². The third-order valence-corrected chi connectivity index (χ3v) is 5.51. The molecule has 1 saturated heterocycles. The number of aryl methyl sites for hydroxylation is 1. The molecule has 2 amide bonds. The molecule has 1 aliphatic heterocycles. The first-order valence-electron chi connectivity index (χ1n) is 7.78. The van der Waals surface area contributed by atoms with Crippen LogP contribution in [0, 0.1) is 12.8 Å². The monoisotopic (exact) mass is 306 g/mol. The minimum Gasteiger partial charge on any atom is -0.335 e. The minimum absolute atomic E-state index is 0.0987. The van der Waals surface area contributed by atoms with Crippen molar-refractivity contribution in [3.63, 3.8) is 0 Å². The normalized spacial score (nSPS) is 22.2. The van der Waals surface area contributed by atoms with Crippen molar-refractivity contribution in [2.24, 2.45) is 5.92 Å². The molecule has 1 saturated carbocycles. The van der Waals surface area contributed by atoms with Crippen molar-refractivity contribution in [3.8, 4) is 0 Å². The SMILES string of the molecule is Cc1cc(NC(=O)C2CC2)sc1C(=O)N1CCCCC1C. The number of amides is 2. The largest absolute Gasteiger partial charge is 0.335 e. The number of hydrogen-bond donors (Lipinski definition) is 1. The molecule has 21 heavy (non-hydrogen) atoms. The average Bonchev–Trinajstić information content (AvgIpc) is 3.23. The maximum absolute atomic E-state index is 12.7. The molecule has 3 rings (SSSR count). The molecule has 1 unspecified atom stereocenters. The van der Waals surface area contributed by atoms with Crippen molar-refractivity contribution < 1.29 is 9.59 Å². The third-order valence-electron chi connectivity index (χ3n) is 4.37. The van der Waals surface area contributed by atoms with Gasteiger partial charge < -0.3 is 10.2 Å². The topological polar surface area (TPSA) is 49.4 Å². The van der Waals surface area contributed by atoms with Gasteiger partial charge in [-0.05, 0) is 57.6 Å². The number of anilines is 1. The fourth-order valence-electron chi connectivity index (χ4n) is 2.86. The number of rotatable bonds is 3. The Morgan fingerprint density at radius 1 is 1.29 bits per heavy atom. The van der Waals surface area contributed by atoms with Gasteiger partial charge in [0, 0.05) is 18.5 Å². The number of thiophene rings is 1. The second-order valence-electron chi connectivity index (χ2n) is 6.23. The maximum Gasteiger partial charge on any atom is 0.264 e. The van der Waals surface area contributed by atoms with Crippen LogP contribution in [0.3, 0.4) is 0 Å². The van der Waals surface area contributed by atoms with E-state index in [1.165, 1.54) is 17.8 Å². The Kier molecular flexibility index (Phi) is 4.02. The Hall–Kier alpha value is -1.36. The summed E-state index contributed by atoms with van der Waals surface area (Å²) in [7, 11) is 0. The molecule has 1 aliphatic carbocycles. The van der Waals surface area contributed by atoms with Crippen molar-refractivity contribution in [2.75, 3.05) is 11.9 Å². The van der Waals surface area contributed by atoms with Gasteiger partial charge in [-0.15, -0.1) is 11.3 Å². The minimum atomic E-state index is 0.0987. The lowest BCUT2D eigenvalue weighted by Gasteiger charge is -2.33. The Morgan fingerprint density at radius 2 is 2.05 bits per heavy atom. The van der Waals surface area contributed by atoms with E-state index in [1.54, 1.807) is 0 Å². The lowest BCUT2D eigenvalue weighted by molar-refractivity contribution is -0.117. The third kappa shape index (κ3) is 3.12. The van der Waals surface area contributed by atoms with E-state index in [9.17, 15) is 9.59 Å². The molecule has 0 bridgehead atoms. The van der Waals surface area contributed by atoms with Crippen molar-refractivity contribution in [3.05, 3.63) is 16.5 Å². The van der Waals surface area contributed by atoms with Crippen LogP contribution < -0.4 is 5.32 Å². The number of nitrogens with one attached hydrogen (secondary N) is 1. The van der Waals surface area contributed by atoms with Gasteiger partial charge in [-0.1, -0.05) is 0 Å². The first-order chi connectivity index (χ1) is 10.1. The molecule has 2 heterocycles. The summed E-state index contributed by atoms with van der Waals surface area (Å²) < 4.78 is 0. The molecule has 1 aromatic rings. The molecule has 0 spiro atoms. The van der Waals surface area contributed by atoms with Crippen molar-refractivity contribution >= 4 is 28.2 Å². The molecule has 1 N–H and O–H groups in total. The van der Waals surface area contributed by atoms with Gasteiger partial charge in [0.1, 0.15) is 0 Å². The van der Waals surface area contributed by atoms with Crippen LogP contribution in [0.4, 0.5) is 5.00 Å². The molecule has 1 atom stereocenters. The Balaban J connectivity index is 1.73. The summed E-state index contributed by atoms with van der Waals surface area (Å²) in [6.45, 7) is 4.92. The van der Waals surface area contributed by atoms with E-state index < -0.39 is 0 Å². The highest BCUT2D eigenvalue weighted by molar-refractivity contribution is 7.18. The van der Waals surface area contributed by atoms with E-state index in [-0.39, 0.29) is 17.7 Å². The molecular weight excluding hydrogens is 284 g/mol. The van der Waals surface area contributed by atoms with Gasteiger partial charge in [0.15, 0.2) is 0 Å². The lowest BCUT2D eigenvalue weighted by atomic mass is 10.0. The Labute approximate surface area is 129 Å². The van der Waals surface area contributed by atoms with Gasteiger partial charge >= 0.3 is 0 Å². The summed E-state index contributed by atoms with van der Waals surface area (Å²) in [5.74, 6) is 0.409. The standard InChI is InChI=1S/C16H22N2O2S/c1-10-9-13(17-15(19)12-6-7-12)21-14(10)16(20)18-8-4-3-5-11(18)2/h9,11-12H,3-8H2,1-2H3,(H,17,19). The van der Waals surface area contributed by atoms with Gasteiger partial charge in [-0.25, -0.2) is 0 Å². The first kappa shape index (κ1) is 14.6. The molecule has 1 aromatic heterocycles. The van der Waals surface area contributed by atoms with E-state index in [0.717, 1.165) is 47.7 Å². The smallest absolute Gasteiger partial charge is 0.264 e. The number of carbonyl (C=O) groups excluding carboxylic acids is 2. The lowest BCUT2D eigenvalue weighted by Crippen LogP contribution is -2.41. The molecule has 2 aliphatic rings. The number of hydrogen-bond acceptors (Lipinski definition) is 3. The van der Waals surface area contributed by atoms with Gasteiger partial charge in [0.25, 0.3) is 5.91 Å². The molecule has 5 heteroatoms. The summed E-state index contributed by atoms with van der Waals surface area (Å²) in [6.07, 6.45) is 5.37. The highest BCUT2D eigenvalue weighted by Gasteiger charge is 2.31. The average molecular weight is 306 g/mol. The summed E-state index contributed by atoms with van der Waals surface area (Å²) in [6, 6.07) is 2.24. The zero-order valence-electron chi connectivity index (χ0n) is 12.6. The maximum atomic E-state index is 12.7. The van der Waals surface area contributed by atoms with Gasteiger partial charge in [0.2, 0.25) is 5.91 Å². The van der Waals surface area contributed by atoms with Crippen LogP contribution in [0.2, 0.25) is 0 Å². The van der Waals surface area contributed by atoms with Crippen LogP contribution in [0.1, 0.15) is 54.3 Å². The summed E-state index contributed by atoms with van der Waals surface area (Å²) >= 11 is 1.41. The van der Waals surface area contributed by atoms with Crippen LogP contribution >= 0.6 is 11.3 Å². The fourth-order valence-corrected chi connectivity index (χ4v) is 3.89. The van der Waals surface area contributed by atoms with Crippen LogP contribution in [0.15, 0.2) is 6.07 Å². The van der Waals surface area contributed by atoms with Gasteiger partial charge in [-0.2, -0.15) is 0 Å². The molecule has 114 valence electrons. The molecule has 4 nitrogen and oxygen atoms in total. The van der Waals surface area contributed by atoms with E-state index in [0.29, 0.717) is 6.04 Å². The Morgan fingerprint density at radius 3 is 2.71 bits per heavy atom. The molecular formula is C16H22N2O2S. The first-order valence-corrected chi connectivity index (χ1v) is 8.60. The quantitative estimate of drug-likeness (QED) is 0.930. The van der Waals surface area contributed by atoms with Crippen LogP contribution in [0.25, 0.3) is 0 Å². The number of likely N-dealkylation sites (tertiary alicyclic amines) is 1. The van der Waals surface area contributed by atoms with Crippen molar-refractivity contribution in [2.45, 2.75) is 52.0 Å². The van der Waals surface area contributed by atoms with Crippen molar-refractivity contribution in [1.82, 2.24) is 4.90 Å². The predicted octanol–water partition coefficient (Wildman–Crippen LogP) is 3.42. The predicted molar refractivity (Wildman–Crippen MR) is 84.8 cm³/mol. The van der Waals surface area contributed by atoms with Crippen molar-refractivity contribution in [1.29, 1.82) is 0 Å².